The van der Waals surface area contributed by atoms with Crippen molar-refractivity contribution < 1.29 is 0 Å². The Balaban J connectivity index is 3.02. The first-order valence-electron chi connectivity index (χ1n) is 9.21. The molecule has 0 saturated heterocycles. The van der Waals surface area contributed by atoms with Crippen LogP contribution in [-0.4, -0.2) is 23.0 Å². The van der Waals surface area contributed by atoms with Crippen molar-refractivity contribution in [3.63, 3.8) is 0 Å². The number of rotatable bonds is 2. The lowest BCUT2D eigenvalue weighted by molar-refractivity contribution is 0.374. The summed E-state index contributed by atoms with van der Waals surface area (Å²) >= 11 is 0. The van der Waals surface area contributed by atoms with Gasteiger partial charge in [-0.2, -0.15) is 0 Å². The predicted octanol–water partition coefficient (Wildman–Crippen LogP) is 5.95. The molecule has 1 aromatic heterocycles. The molecule has 0 amide bonds. The van der Waals surface area contributed by atoms with Gasteiger partial charge in [0.25, 0.3) is 0 Å². The normalized spacial score (nSPS) is 23.9. The zero-order chi connectivity index (χ0) is 18.3. The summed E-state index contributed by atoms with van der Waals surface area (Å²) in [4.78, 5) is 7.41. The van der Waals surface area contributed by atoms with Crippen LogP contribution in [0, 0.1) is 19.8 Å². The number of likely N-dealkylation sites (N-methyl/N-ethyl adjacent to an activating group) is 1. The lowest BCUT2D eigenvalue weighted by atomic mass is 9.81. The average Bonchev–Trinajstić information content (AvgIpc) is 2.51. The third-order valence-electron chi connectivity index (χ3n) is 5.65. The number of hydrogen-bond donors (Lipinski definition) is 0. The third kappa shape index (κ3) is 3.03. The molecule has 0 aromatic carbocycles. The van der Waals surface area contributed by atoms with Gasteiger partial charge in [-0.25, -0.2) is 0 Å². The maximum Gasteiger partial charge on any atom is 0.0513 e. The minimum atomic E-state index is 0.382. The van der Waals surface area contributed by atoms with E-state index in [4.69, 9.17) is 4.98 Å². The second kappa shape index (κ2) is 6.74. The highest BCUT2D eigenvalue weighted by atomic mass is 15.1. The second-order valence-corrected chi connectivity index (χ2v) is 7.95. The Hall–Kier alpha value is -1.57. The summed E-state index contributed by atoms with van der Waals surface area (Å²) in [6, 6.07) is 0.382. The Bertz CT molecular complexity index is 705. The van der Waals surface area contributed by atoms with Gasteiger partial charge in [-0.1, -0.05) is 33.8 Å². The quantitative estimate of drug-likeness (QED) is 0.668. The number of nitrogens with zero attached hydrogens (tertiary/aromatic N) is 2. The fourth-order valence-corrected chi connectivity index (χ4v) is 3.68. The van der Waals surface area contributed by atoms with Gasteiger partial charge in [-0.05, 0) is 68.7 Å². The van der Waals surface area contributed by atoms with Crippen molar-refractivity contribution >= 4 is 11.1 Å². The Morgan fingerprint density at radius 2 is 1.54 bits per heavy atom. The molecule has 24 heavy (non-hydrogen) atoms. The smallest absolute Gasteiger partial charge is 0.0513 e. The number of hydrogen-bond acceptors (Lipinski definition) is 2. The molecule has 132 valence electrons. The summed E-state index contributed by atoms with van der Waals surface area (Å²) in [6.45, 7) is 20.3. The van der Waals surface area contributed by atoms with Gasteiger partial charge in [0.15, 0.2) is 0 Å². The van der Waals surface area contributed by atoms with Crippen LogP contribution in [0.5, 0.6) is 0 Å². The van der Waals surface area contributed by atoms with E-state index in [1.54, 1.807) is 0 Å². The zero-order valence-electron chi connectivity index (χ0n) is 17.2. The van der Waals surface area contributed by atoms with E-state index in [2.05, 4.69) is 80.3 Å². The first kappa shape index (κ1) is 18.8. The van der Waals surface area contributed by atoms with Gasteiger partial charge in [0.2, 0.25) is 0 Å². The van der Waals surface area contributed by atoms with Gasteiger partial charge < -0.3 is 4.90 Å². The maximum absolute atomic E-state index is 5.02. The number of aryl methyl sites for hydroxylation is 1. The number of pyridine rings is 1. The molecule has 0 saturated carbocycles. The molecule has 0 radical (unpaired) electrons. The van der Waals surface area contributed by atoms with Crippen LogP contribution in [0.2, 0.25) is 0 Å². The molecule has 0 spiro atoms. The maximum atomic E-state index is 5.02. The van der Waals surface area contributed by atoms with Crippen LogP contribution < -0.4 is 0 Å². The van der Waals surface area contributed by atoms with E-state index in [0.717, 1.165) is 5.69 Å². The summed E-state index contributed by atoms with van der Waals surface area (Å²) < 4.78 is 0. The molecule has 0 bridgehead atoms. The van der Waals surface area contributed by atoms with E-state index >= 15 is 0 Å². The van der Waals surface area contributed by atoms with Crippen molar-refractivity contribution in [2.75, 3.05) is 7.05 Å². The van der Waals surface area contributed by atoms with Crippen LogP contribution >= 0.6 is 0 Å². The molecule has 1 aliphatic heterocycles. The van der Waals surface area contributed by atoms with Crippen molar-refractivity contribution in [2.45, 2.75) is 74.3 Å². The molecular weight excluding hydrogens is 292 g/mol. The monoisotopic (exact) mass is 326 g/mol. The first-order chi connectivity index (χ1) is 11.1. The number of fused-ring (bicyclic) bond motifs is 1. The Morgan fingerprint density at radius 3 is 2.04 bits per heavy atom. The molecule has 2 heteroatoms. The van der Waals surface area contributed by atoms with Crippen molar-refractivity contribution in [1.29, 1.82) is 0 Å². The van der Waals surface area contributed by atoms with Gasteiger partial charge in [0, 0.05) is 30.0 Å². The first-order valence-corrected chi connectivity index (χ1v) is 9.21. The highest BCUT2D eigenvalue weighted by molar-refractivity contribution is 5.84. The minimum Gasteiger partial charge on any atom is -0.372 e. The largest absolute Gasteiger partial charge is 0.372 e. The fraction of sp³-hybridized carbons (Fsp3) is 0.591. The highest BCUT2D eigenvalue weighted by Gasteiger charge is 2.27. The lowest BCUT2D eigenvalue weighted by Crippen LogP contribution is -2.28. The molecule has 2 nitrogen and oxygen atoms in total. The lowest BCUT2D eigenvalue weighted by Gasteiger charge is -2.34. The zero-order valence-corrected chi connectivity index (χ0v) is 17.2. The van der Waals surface area contributed by atoms with E-state index in [1.807, 2.05) is 0 Å². The van der Waals surface area contributed by atoms with Crippen LogP contribution in [0.1, 0.15) is 82.5 Å². The third-order valence-corrected chi connectivity index (χ3v) is 5.65. The van der Waals surface area contributed by atoms with Crippen molar-refractivity contribution in [2.24, 2.45) is 5.92 Å². The summed E-state index contributed by atoms with van der Waals surface area (Å²) in [6.07, 6.45) is 2.45. The molecule has 2 heterocycles. The van der Waals surface area contributed by atoms with E-state index in [0.29, 0.717) is 17.9 Å². The summed E-state index contributed by atoms with van der Waals surface area (Å²) in [5, 5.41) is 0. The van der Waals surface area contributed by atoms with Gasteiger partial charge in [-0.3, -0.25) is 4.98 Å². The average molecular weight is 327 g/mol. The topological polar surface area (TPSA) is 16.1 Å². The Labute approximate surface area is 148 Å². The van der Waals surface area contributed by atoms with Crippen LogP contribution in [-0.2, 0) is 0 Å². The van der Waals surface area contributed by atoms with Crippen LogP contribution in [0.3, 0.4) is 0 Å². The minimum absolute atomic E-state index is 0.382. The van der Waals surface area contributed by atoms with E-state index in [9.17, 15) is 0 Å². The summed E-state index contributed by atoms with van der Waals surface area (Å²) in [5.41, 5.74) is 10.7. The molecule has 1 aliphatic rings. The molecule has 0 N–H and O–H groups in total. The van der Waals surface area contributed by atoms with Gasteiger partial charge in [-0.15, -0.1) is 0 Å². The fourth-order valence-electron chi connectivity index (χ4n) is 3.68. The van der Waals surface area contributed by atoms with Crippen LogP contribution in [0.4, 0.5) is 0 Å². The predicted molar refractivity (Wildman–Crippen MR) is 106 cm³/mol. The van der Waals surface area contributed by atoms with Crippen molar-refractivity contribution in [3.05, 3.63) is 39.9 Å². The van der Waals surface area contributed by atoms with Gasteiger partial charge in [0.05, 0.1) is 5.69 Å². The molecule has 1 atom stereocenters. The number of aromatic nitrogens is 1. The van der Waals surface area contributed by atoms with Gasteiger partial charge in [0.1, 0.15) is 0 Å². The van der Waals surface area contributed by atoms with Crippen molar-refractivity contribution in [3.8, 4) is 0 Å². The Kier molecular flexibility index (Phi) is 5.27. The molecule has 0 aliphatic carbocycles. The second-order valence-electron chi connectivity index (χ2n) is 7.95. The summed E-state index contributed by atoms with van der Waals surface area (Å²) in [7, 11) is 2.20. The Morgan fingerprint density at radius 1 is 0.958 bits per heavy atom. The molecule has 2 rings (SSSR count). The van der Waals surface area contributed by atoms with E-state index < -0.39 is 0 Å². The SMILES string of the molecule is C/C1=C(\C)N(C)[C@H](C)/C=C(/C(C)C)c2c(C(C)C)nc(C)c(C)c21. The molecule has 0 unspecified atom stereocenters. The van der Waals surface area contributed by atoms with Gasteiger partial charge >= 0.3 is 0 Å². The van der Waals surface area contributed by atoms with Crippen molar-refractivity contribution in [1.82, 2.24) is 9.88 Å². The summed E-state index contributed by atoms with van der Waals surface area (Å²) in [5.74, 6) is 0.896. The molecular formula is C22H34N2. The van der Waals surface area contributed by atoms with E-state index in [1.165, 1.54) is 39.2 Å². The highest BCUT2D eigenvalue weighted by Crippen LogP contribution is 2.41. The molecule has 1 aromatic rings. The van der Waals surface area contributed by atoms with E-state index in [-0.39, 0.29) is 0 Å². The van der Waals surface area contributed by atoms with Crippen LogP contribution in [0.15, 0.2) is 11.8 Å². The standard InChI is InChI=1S/C22H34N2/c1-12(2)19-11-14(5)24(10)18(9)16(7)20-15(6)17(8)23-22(13(3)4)21(19)20/h11-14H,1-10H3/b18-16-,19-11-/t14-/m1/s1. The molecule has 0 fully saturated rings. The van der Waals surface area contributed by atoms with Crippen LogP contribution in [0.25, 0.3) is 11.1 Å². The number of allylic oxidation sites excluding steroid dienone is 3.